The first kappa shape index (κ1) is 26.9. The molecule has 0 spiro atoms. The second-order valence-electron chi connectivity index (χ2n) is 8.56. The van der Waals surface area contributed by atoms with E-state index in [0.29, 0.717) is 11.4 Å². The molecule has 0 fully saturated rings. The smallest absolute Gasteiger partial charge is 0.264 e. The number of hydrogen-bond acceptors (Lipinski definition) is 5. The average Bonchev–Trinajstić information content (AvgIpc) is 2.92. The Labute approximate surface area is 223 Å². The van der Waals surface area contributed by atoms with Crippen molar-refractivity contribution in [3.05, 3.63) is 120 Å². The number of anilines is 3. The van der Waals surface area contributed by atoms with Crippen molar-refractivity contribution in [2.75, 3.05) is 27.2 Å². The molecule has 196 valence electrons. The van der Waals surface area contributed by atoms with E-state index in [1.54, 1.807) is 60.7 Å². The number of nitrogens with one attached hydrogen (secondary N) is 1. The molecule has 0 aromatic heterocycles. The fraction of sp³-hybridized carbons (Fsp3) is 0.107. The van der Waals surface area contributed by atoms with Gasteiger partial charge in [-0.15, -0.1) is 0 Å². The zero-order valence-electron chi connectivity index (χ0n) is 20.9. The number of benzene rings is 4. The quantitative estimate of drug-likeness (QED) is 0.325. The molecule has 0 aliphatic carbocycles. The molecule has 10 heteroatoms. The van der Waals surface area contributed by atoms with E-state index >= 15 is 0 Å². The van der Waals surface area contributed by atoms with Crippen molar-refractivity contribution in [2.24, 2.45) is 0 Å². The summed E-state index contributed by atoms with van der Waals surface area (Å²) in [6.45, 7) is 0.0109. The van der Waals surface area contributed by atoms with Gasteiger partial charge in [-0.25, -0.2) is 16.8 Å². The maximum Gasteiger partial charge on any atom is 0.264 e. The first-order valence-electron chi connectivity index (χ1n) is 11.6. The molecule has 38 heavy (non-hydrogen) atoms. The van der Waals surface area contributed by atoms with Crippen LogP contribution in [0.25, 0.3) is 0 Å². The molecule has 0 saturated heterocycles. The first-order chi connectivity index (χ1) is 18.1. The normalized spacial score (nSPS) is 11.5. The number of sulfonamides is 2. The van der Waals surface area contributed by atoms with Crippen molar-refractivity contribution >= 4 is 43.0 Å². The second kappa shape index (κ2) is 11.1. The van der Waals surface area contributed by atoms with Crippen LogP contribution in [0.5, 0.6) is 0 Å². The molecule has 0 aliphatic rings. The molecule has 4 aromatic carbocycles. The zero-order valence-corrected chi connectivity index (χ0v) is 22.5. The Balaban J connectivity index is 1.74. The fourth-order valence-corrected chi connectivity index (χ4v) is 5.81. The molecule has 1 N–H and O–H groups in total. The number of hydrogen-bond donors (Lipinski definition) is 1. The third-order valence-electron chi connectivity index (χ3n) is 5.88. The van der Waals surface area contributed by atoms with E-state index in [4.69, 9.17) is 0 Å². The Kier molecular flexibility index (Phi) is 7.84. The number of amides is 1. The molecule has 4 aromatic rings. The fourth-order valence-electron chi connectivity index (χ4n) is 3.82. The lowest BCUT2D eigenvalue weighted by Crippen LogP contribution is -2.32. The maximum atomic E-state index is 13.8. The van der Waals surface area contributed by atoms with Gasteiger partial charge < -0.3 is 5.32 Å². The van der Waals surface area contributed by atoms with Gasteiger partial charge in [-0.1, -0.05) is 66.7 Å². The van der Waals surface area contributed by atoms with Crippen LogP contribution in [0.15, 0.2) is 114 Å². The highest BCUT2D eigenvalue weighted by atomic mass is 32.2. The second-order valence-corrected chi connectivity index (χ2v) is 12.4. The van der Waals surface area contributed by atoms with Gasteiger partial charge in [-0.2, -0.15) is 0 Å². The first-order valence-corrected chi connectivity index (χ1v) is 14.9. The minimum absolute atomic E-state index is 0.0109. The van der Waals surface area contributed by atoms with Crippen molar-refractivity contribution in [3.63, 3.8) is 0 Å². The van der Waals surface area contributed by atoms with Gasteiger partial charge >= 0.3 is 0 Å². The zero-order chi connectivity index (χ0) is 27.3. The Bertz CT molecular complexity index is 1640. The van der Waals surface area contributed by atoms with E-state index < -0.39 is 26.0 Å². The molecule has 4 rings (SSSR count). The van der Waals surface area contributed by atoms with E-state index in [2.05, 4.69) is 5.32 Å². The summed E-state index contributed by atoms with van der Waals surface area (Å²) in [5.74, 6) is -0.541. The highest BCUT2D eigenvalue weighted by Gasteiger charge is 2.28. The largest absolute Gasteiger partial charge is 0.322 e. The van der Waals surface area contributed by atoms with Gasteiger partial charge in [0.15, 0.2) is 0 Å². The lowest BCUT2D eigenvalue weighted by atomic mass is 10.1. The van der Waals surface area contributed by atoms with Crippen LogP contribution in [0.1, 0.15) is 15.9 Å². The van der Waals surface area contributed by atoms with Gasteiger partial charge in [-0.3, -0.25) is 13.4 Å². The molecule has 0 bridgehead atoms. The summed E-state index contributed by atoms with van der Waals surface area (Å²) in [4.78, 5) is 13.6. The molecule has 8 nitrogen and oxygen atoms in total. The summed E-state index contributed by atoms with van der Waals surface area (Å²) < 4.78 is 53.8. The van der Waals surface area contributed by atoms with E-state index in [1.165, 1.54) is 29.6 Å². The lowest BCUT2D eigenvalue weighted by molar-refractivity contribution is 0.102. The third-order valence-corrected chi connectivity index (χ3v) is 8.86. The van der Waals surface area contributed by atoms with Crippen molar-refractivity contribution < 1.29 is 21.6 Å². The van der Waals surface area contributed by atoms with Crippen molar-refractivity contribution in [1.29, 1.82) is 0 Å². The van der Waals surface area contributed by atoms with Crippen LogP contribution in [0.4, 0.5) is 17.1 Å². The van der Waals surface area contributed by atoms with Gasteiger partial charge in [0, 0.05) is 12.7 Å². The number of nitrogens with zero attached hydrogens (tertiary/aromatic N) is 2. The van der Waals surface area contributed by atoms with Gasteiger partial charge in [0.05, 0.1) is 34.6 Å². The van der Waals surface area contributed by atoms with Gasteiger partial charge in [0.25, 0.3) is 15.9 Å². The molecule has 0 radical (unpaired) electrons. The van der Waals surface area contributed by atoms with Crippen LogP contribution in [-0.4, -0.2) is 36.0 Å². The number of carbonyl (C=O) groups is 1. The van der Waals surface area contributed by atoms with Crippen LogP contribution in [0, 0.1) is 0 Å². The monoisotopic (exact) mass is 549 g/mol. The highest BCUT2D eigenvalue weighted by molar-refractivity contribution is 7.93. The minimum atomic E-state index is -4.04. The Morgan fingerprint density at radius 1 is 0.763 bits per heavy atom. The summed E-state index contributed by atoms with van der Waals surface area (Å²) in [5.41, 5.74) is 1.83. The highest BCUT2D eigenvalue weighted by Crippen LogP contribution is 2.30. The summed E-state index contributed by atoms with van der Waals surface area (Å²) in [7, 11) is -6.11. The molecule has 0 heterocycles. The summed E-state index contributed by atoms with van der Waals surface area (Å²) >= 11 is 0. The molecule has 0 aliphatic heterocycles. The summed E-state index contributed by atoms with van der Waals surface area (Å²) in [6, 6.07) is 30.0. The Morgan fingerprint density at radius 3 is 2.03 bits per heavy atom. The Hall–Kier alpha value is -4.15. The SMILES string of the molecule is CN(c1cccc(NC(=O)c2ccccc2N(Cc2ccccc2)S(=O)(=O)c2ccccc2)c1)S(C)(=O)=O. The van der Waals surface area contributed by atoms with Crippen molar-refractivity contribution in [3.8, 4) is 0 Å². The molecule has 0 unspecified atom stereocenters. The number of rotatable bonds is 9. The van der Waals surface area contributed by atoms with Crippen molar-refractivity contribution in [1.82, 2.24) is 0 Å². The van der Waals surface area contributed by atoms with E-state index in [9.17, 15) is 21.6 Å². The predicted octanol–water partition coefficient (Wildman–Crippen LogP) is 4.73. The van der Waals surface area contributed by atoms with Gasteiger partial charge in [-0.05, 0) is 48.0 Å². The van der Waals surface area contributed by atoms with Gasteiger partial charge in [0.2, 0.25) is 10.0 Å². The van der Waals surface area contributed by atoms with Crippen LogP contribution >= 0.6 is 0 Å². The standard InChI is InChI=1S/C28H27N3O5S2/c1-30(37(2,33)34)24-15-11-14-23(20-24)29-28(32)26-18-9-10-19-27(26)31(21-22-12-5-3-6-13-22)38(35,36)25-16-7-4-8-17-25/h3-20H,21H2,1-2H3,(H,29,32). The maximum absolute atomic E-state index is 13.8. The van der Waals surface area contributed by atoms with Crippen LogP contribution in [0.2, 0.25) is 0 Å². The summed E-state index contributed by atoms with van der Waals surface area (Å²) in [5, 5.41) is 2.77. The molecular formula is C28H27N3O5S2. The average molecular weight is 550 g/mol. The van der Waals surface area contributed by atoms with E-state index in [-0.39, 0.29) is 22.7 Å². The third kappa shape index (κ3) is 6.04. The van der Waals surface area contributed by atoms with Crippen molar-refractivity contribution in [2.45, 2.75) is 11.4 Å². The molecule has 0 atom stereocenters. The lowest BCUT2D eigenvalue weighted by Gasteiger charge is -2.26. The topological polar surface area (TPSA) is 104 Å². The molecule has 0 saturated carbocycles. The van der Waals surface area contributed by atoms with E-state index in [0.717, 1.165) is 16.1 Å². The van der Waals surface area contributed by atoms with Crippen LogP contribution < -0.4 is 13.9 Å². The van der Waals surface area contributed by atoms with Gasteiger partial charge in [0.1, 0.15) is 0 Å². The summed E-state index contributed by atoms with van der Waals surface area (Å²) in [6.07, 6.45) is 1.09. The molecular weight excluding hydrogens is 522 g/mol. The van der Waals surface area contributed by atoms with Crippen LogP contribution in [-0.2, 0) is 26.6 Å². The predicted molar refractivity (Wildman–Crippen MR) is 150 cm³/mol. The molecule has 1 amide bonds. The Morgan fingerprint density at radius 2 is 1.37 bits per heavy atom. The van der Waals surface area contributed by atoms with Crippen LogP contribution in [0.3, 0.4) is 0 Å². The number of carbonyl (C=O) groups excluding carboxylic acids is 1. The number of para-hydroxylation sites is 1. The minimum Gasteiger partial charge on any atom is -0.322 e. The van der Waals surface area contributed by atoms with E-state index in [1.807, 2.05) is 30.3 Å².